The molecule has 0 saturated carbocycles. The second-order valence-corrected chi connectivity index (χ2v) is 3.70. The van der Waals surface area contributed by atoms with Gasteiger partial charge in [-0.25, -0.2) is 0 Å². The molecule has 15 heavy (non-hydrogen) atoms. The van der Waals surface area contributed by atoms with E-state index in [0.29, 0.717) is 0 Å². The van der Waals surface area contributed by atoms with Crippen LogP contribution in [0.5, 0.6) is 0 Å². The van der Waals surface area contributed by atoms with Gasteiger partial charge in [-0.05, 0) is 20.3 Å². The van der Waals surface area contributed by atoms with Crippen molar-refractivity contribution in [3.05, 3.63) is 0 Å². The summed E-state index contributed by atoms with van der Waals surface area (Å²) in [6.07, 6.45) is -3.95. The van der Waals surface area contributed by atoms with Gasteiger partial charge in [-0.1, -0.05) is 0 Å². The van der Waals surface area contributed by atoms with E-state index in [1.54, 1.807) is 19.9 Å². The first kappa shape index (κ1) is 14.2. The average Bonchev–Trinajstić information content (AvgIpc) is 2.09. The first-order chi connectivity index (χ1) is 6.76. The van der Waals surface area contributed by atoms with Crippen molar-refractivity contribution >= 4 is 0 Å². The Hall–Kier alpha value is -0.800. The molecule has 0 bridgehead atoms. The number of halogens is 3. The molecule has 2 N–H and O–H groups in total. The molecule has 0 aliphatic heterocycles. The number of rotatable bonds is 5. The molecule has 1 atom stereocenters. The van der Waals surface area contributed by atoms with Crippen molar-refractivity contribution in [3.8, 4) is 6.07 Å². The van der Waals surface area contributed by atoms with E-state index >= 15 is 0 Å². The van der Waals surface area contributed by atoms with Gasteiger partial charge in [0.05, 0.1) is 18.7 Å². The minimum absolute atomic E-state index is 0.186. The zero-order valence-corrected chi connectivity index (χ0v) is 8.88. The lowest BCUT2D eigenvalue weighted by Gasteiger charge is -2.27. The molecule has 0 aromatic rings. The molecule has 0 aliphatic rings. The quantitative estimate of drug-likeness (QED) is 0.768. The third kappa shape index (κ3) is 7.17. The second-order valence-electron chi connectivity index (χ2n) is 3.70. The Morgan fingerprint density at radius 1 is 1.40 bits per heavy atom. The van der Waals surface area contributed by atoms with E-state index in [1.807, 2.05) is 0 Å². The topological polar surface area (TPSA) is 53.0 Å². The summed E-state index contributed by atoms with van der Waals surface area (Å²) in [7, 11) is 0. The van der Waals surface area contributed by atoms with Crippen LogP contribution in [0.15, 0.2) is 0 Å². The molecule has 1 unspecified atom stereocenters. The predicted molar refractivity (Wildman–Crippen MR) is 51.0 cm³/mol. The van der Waals surface area contributed by atoms with Crippen LogP contribution in [-0.2, 0) is 0 Å². The second kappa shape index (κ2) is 5.93. The van der Waals surface area contributed by atoms with E-state index in [1.165, 1.54) is 4.90 Å². The lowest BCUT2D eigenvalue weighted by Crippen LogP contribution is -2.41. The molecule has 88 valence electrons. The predicted octanol–water partition coefficient (Wildman–Crippen LogP) is 1.50. The SMILES string of the molecule is CC(C)N(CCC(N)C#N)CC(F)(F)F. The van der Waals surface area contributed by atoms with Crippen LogP contribution in [-0.4, -0.2) is 36.2 Å². The fourth-order valence-electron chi connectivity index (χ4n) is 1.12. The monoisotopic (exact) mass is 223 g/mol. The summed E-state index contributed by atoms with van der Waals surface area (Å²) in [5, 5.41) is 8.40. The molecule has 0 amide bonds. The van der Waals surface area contributed by atoms with Crippen LogP contribution in [0.2, 0.25) is 0 Å². The van der Waals surface area contributed by atoms with Crippen LogP contribution in [0.3, 0.4) is 0 Å². The van der Waals surface area contributed by atoms with Gasteiger partial charge < -0.3 is 5.73 Å². The number of nitrogens with two attached hydrogens (primary N) is 1. The molecule has 0 spiro atoms. The highest BCUT2D eigenvalue weighted by Gasteiger charge is 2.31. The van der Waals surface area contributed by atoms with Gasteiger partial charge in [-0.2, -0.15) is 18.4 Å². The van der Waals surface area contributed by atoms with Crippen LogP contribution >= 0.6 is 0 Å². The molecular formula is C9H16F3N3. The maximum absolute atomic E-state index is 12.1. The van der Waals surface area contributed by atoms with Crippen LogP contribution < -0.4 is 5.73 Å². The smallest absolute Gasteiger partial charge is 0.316 e. The maximum Gasteiger partial charge on any atom is 0.401 e. The lowest BCUT2D eigenvalue weighted by atomic mass is 10.2. The van der Waals surface area contributed by atoms with Crippen LogP contribution in [0.1, 0.15) is 20.3 Å². The number of hydrogen-bond acceptors (Lipinski definition) is 3. The Labute approximate surface area is 87.6 Å². The van der Waals surface area contributed by atoms with Gasteiger partial charge in [0.25, 0.3) is 0 Å². The van der Waals surface area contributed by atoms with Crippen molar-refractivity contribution < 1.29 is 13.2 Å². The van der Waals surface area contributed by atoms with Crippen LogP contribution in [0.25, 0.3) is 0 Å². The lowest BCUT2D eigenvalue weighted by molar-refractivity contribution is -0.149. The molecule has 0 aliphatic carbocycles. The van der Waals surface area contributed by atoms with Crippen LogP contribution in [0, 0.1) is 11.3 Å². The van der Waals surface area contributed by atoms with Gasteiger partial charge >= 0.3 is 6.18 Å². The standard InChI is InChI=1S/C9H16F3N3/c1-7(2)15(6-9(10,11)12)4-3-8(14)5-13/h7-8H,3-4,6,14H2,1-2H3. The summed E-state index contributed by atoms with van der Waals surface area (Å²) in [6.45, 7) is 2.60. The highest BCUT2D eigenvalue weighted by molar-refractivity contribution is 4.87. The van der Waals surface area contributed by atoms with Crippen LogP contribution in [0.4, 0.5) is 13.2 Å². The average molecular weight is 223 g/mol. The highest BCUT2D eigenvalue weighted by atomic mass is 19.4. The molecular weight excluding hydrogens is 207 g/mol. The van der Waals surface area contributed by atoms with E-state index in [4.69, 9.17) is 11.0 Å². The maximum atomic E-state index is 12.1. The third-order valence-corrected chi connectivity index (χ3v) is 2.01. The van der Waals surface area contributed by atoms with Gasteiger partial charge in [0, 0.05) is 12.6 Å². The van der Waals surface area contributed by atoms with Gasteiger partial charge in [-0.3, -0.25) is 4.90 Å². The summed E-state index contributed by atoms with van der Waals surface area (Å²) in [6, 6.07) is 0.886. The molecule has 0 rings (SSSR count). The van der Waals surface area contributed by atoms with E-state index in [-0.39, 0.29) is 19.0 Å². The molecule has 3 nitrogen and oxygen atoms in total. The Balaban J connectivity index is 4.13. The Morgan fingerprint density at radius 3 is 2.27 bits per heavy atom. The highest BCUT2D eigenvalue weighted by Crippen LogP contribution is 2.18. The molecule has 0 radical (unpaired) electrons. The zero-order chi connectivity index (χ0) is 12.1. The molecule has 0 fully saturated rings. The minimum atomic E-state index is -4.21. The third-order valence-electron chi connectivity index (χ3n) is 2.01. The Kier molecular flexibility index (Phi) is 5.61. The fraction of sp³-hybridized carbons (Fsp3) is 0.889. The number of nitrogens with zero attached hydrogens (tertiary/aromatic N) is 2. The van der Waals surface area contributed by atoms with E-state index in [9.17, 15) is 13.2 Å². The van der Waals surface area contributed by atoms with E-state index < -0.39 is 18.8 Å². The van der Waals surface area contributed by atoms with Gasteiger partial charge in [0.1, 0.15) is 0 Å². The van der Waals surface area contributed by atoms with Crippen molar-refractivity contribution in [1.82, 2.24) is 4.90 Å². The summed E-state index contributed by atoms with van der Waals surface area (Å²) in [5.74, 6) is 0. The number of hydrogen-bond donors (Lipinski definition) is 1. The Morgan fingerprint density at radius 2 is 1.93 bits per heavy atom. The summed E-state index contributed by atoms with van der Waals surface area (Å²) in [4.78, 5) is 1.26. The van der Waals surface area contributed by atoms with Gasteiger partial charge in [-0.15, -0.1) is 0 Å². The molecule has 0 aromatic heterocycles. The van der Waals surface area contributed by atoms with Crippen molar-refractivity contribution in [1.29, 1.82) is 5.26 Å². The van der Waals surface area contributed by atoms with Crippen molar-refractivity contribution in [3.63, 3.8) is 0 Å². The summed E-state index contributed by atoms with van der Waals surface area (Å²) in [5.41, 5.74) is 5.32. The van der Waals surface area contributed by atoms with Crippen molar-refractivity contribution in [2.75, 3.05) is 13.1 Å². The summed E-state index contributed by atoms with van der Waals surface area (Å²) >= 11 is 0. The molecule has 6 heteroatoms. The zero-order valence-electron chi connectivity index (χ0n) is 8.88. The number of alkyl halides is 3. The first-order valence-electron chi connectivity index (χ1n) is 4.72. The summed E-state index contributed by atoms with van der Waals surface area (Å²) < 4.78 is 36.4. The van der Waals surface area contributed by atoms with E-state index in [0.717, 1.165) is 0 Å². The Bertz CT molecular complexity index is 220. The van der Waals surface area contributed by atoms with Crippen molar-refractivity contribution in [2.45, 2.75) is 38.5 Å². The number of nitriles is 1. The van der Waals surface area contributed by atoms with E-state index in [2.05, 4.69) is 0 Å². The van der Waals surface area contributed by atoms with Gasteiger partial charge in [0.15, 0.2) is 0 Å². The fourth-order valence-corrected chi connectivity index (χ4v) is 1.12. The van der Waals surface area contributed by atoms with Gasteiger partial charge in [0.2, 0.25) is 0 Å². The molecule has 0 heterocycles. The first-order valence-corrected chi connectivity index (χ1v) is 4.72. The molecule has 0 aromatic carbocycles. The van der Waals surface area contributed by atoms with Crippen molar-refractivity contribution in [2.24, 2.45) is 5.73 Å². The minimum Gasteiger partial charge on any atom is -0.316 e. The largest absolute Gasteiger partial charge is 0.401 e. The molecule has 0 saturated heterocycles. The normalized spacial score (nSPS) is 14.3.